The van der Waals surface area contributed by atoms with E-state index in [-0.39, 0.29) is 23.6 Å². The van der Waals surface area contributed by atoms with Crippen LogP contribution in [0.3, 0.4) is 0 Å². The summed E-state index contributed by atoms with van der Waals surface area (Å²) >= 11 is 1.72. The third-order valence-corrected chi connectivity index (χ3v) is 5.88. The standard InChI is InChI=1S/C18H23NO3S/c1-11-12(2)17-18(22-15(11)10-21-13(3)20)23-16(19-17)9-14-7-5-4-6-8-14/h4-8,11-12,15,17-18H,9-10H2,1-3H3/t11-,12-,15+,17+,18+/m0/s1. The molecule has 0 amide bonds. The van der Waals surface area contributed by atoms with E-state index in [1.54, 1.807) is 11.8 Å². The van der Waals surface area contributed by atoms with Crippen LogP contribution in [-0.4, -0.2) is 35.2 Å². The minimum absolute atomic E-state index is 0.0421. The van der Waals surface area contributed by atoms with Gasteiger partial charge in [0.1, 0.15) is 12.0 Å². The molecule has 1 fully saturated rings. The van der Waals surface area contributed by atoms with Crippen LogP contribution in [0.15, 0.2) is 35.3 Å². The van der Waals surface area contributed by atoms with Gasteiger partial charge in [0.05, 0.1) is 17.2 Å². The van der Waals surface area contributed by atoms with E-state index in [2.05, 4.69) is 38.1 Å². The van der Waals surface area contributed by atoms with Gasteiger partial charge in [-0.3, -0.25) is 9.79 Å². The first-order chi connectivity index (χ1) is 11.0. The summed E-state index contributed by atoms with van der Waals surface area (Å²) in [7, 11) is 0. The molecule has 3 rings (SSSR count). The Bertz CT molecular complexity index is 589. The highest BCUT2D eigenvalue weighted by Gasteiger charge is 2.45. The van der Waals surface area contributed by atoms with Crippen LogP contribution in [0.25, 0.3) is 0 Å². The Kier molecular flexibility index (Phi) is 5.07. The van der Waals surface area contributed by atoms with Crippen molar-refractivity contribution in [3.05, 3.63) is 35.9 Å². The lowest BCUT2D eigenvalue weighted by Gasteiger charge is -2.40. The van der Waals surface area contributed by atoms with E-state index in [0.717, 1.165) is 11.5 Å². The van der Waals surface area contributed by atoms with Gasteiger partial charge in [0, 0.05) is 13.3 Å². The fourth-order valence-electron chi connectivity index (χ4n) is 3.13. The van der Waals surface area contributed by atoms with E-state index >= 15 is 0 Å². The van der Waals surface area contributed by atoms with E-state index in [4.69, 9.17) is 14.5 Å². The first kappa shape index (κ1) is 16.5. The summed E-state index contributed by atoms with van der Waals surface area (Å²) in [6, 6.07) is 10.6. The molecule has 2 heterocycles. The van der Waals surface area contributed by atoms with Crippen LogP contribution < -0.4 is 0 Å². The van der Waals surface area contributed by atoms with Crippen molar-refractivity contribution in [1.82, 2.24) is 0 Å². The molecule has 4 nitrogen and oxygen atoms in total. The Balaban J connectivity index is 1.65. The zero-order valence-electron chi connectivity index (χ0n) is 13.8. The number of nitrogens with zero attached hydrogens (tertiary/aromatic N) is 1. The van der Waals surface area contributed by atoms with Crippen molar-refractivity contribution in [3.63, 3.8) is 0 Å². The molecule has 0 radical (unpaired) electrons. The van der Waals surface area contributed by atoms with E-state index in [1.807, 2.05) is 6.07 Å². The van der Waals surface area contributed by atoms with Gasteiger partial charge in [-0.25, -0.2) is 0 Å². The van der Waals surface area contributed by atoms with E-state index in [9.17, 15) is 4.79 Å². The van der Waals surface area contributed by atoms with Gasteiger partial charge in [0.25, 0.3) is 0 Å². The van der Waals surface area contributed by atoms with Crippen molar-refractivity contribution >= 4 is 22.8 Å². The number of carbonyl (C=O) groups excluding carboxylic acids is 1. The number of hydrogen-bond donors (Lipinski definition) is 0. The van der Waals surface area contributed by atoms with Gasteiger partial charge >= 0.3 is 5.97 Å². The van der Waals surface area contributed by atoms with Crippen molar-refractivity contribution < 1.29 is 14.3 Å². The molecule has 0 N–H and O–H groups in total. The highest BCUT2D eigenvalue weighted by atomic mass is 32.2. The van der Waals surface area contributed by atoms with Gasteiger partial charge in [-0.2, -0.15) is 0 Å². The Morgan fingerprint density at radius 3 is 2.70 bits per heavy atom. The third-order valence-electron chi connectivity index (χ3n) is 4.74. The number of benzene rings is 1. The molecule has 5 atom stereocenters. The highest BCUT2D eigenvalue weighted by molar-refractivity contribution is 8.14. The number of aliphatic imine (C=N–C) groups is 1. The summed E-state index contributed by atoms with van der Waals surface area (Å²) in [6.07, 6.45) is 0.811. The summed E-state index contributed by atoms with van der Waals surface area (Å²) in [5, 5.41) is 1.14. The lowest BCUT2D eigenvalue weighted by molar-refractivity contribution is -0.152. The highest BCUT2D eigenvalue weighted by Crippen LogP contribution is 2.42. The summed E-state index contributed by atoms with van der Waals surface area (Å²) in [5.41, 5.74) is 1.31. The molecule has 1 saturated heterocycles. The maximum Gasteiger partial charge on any atom is 0.302 e. The Morgan fingerprint density at radius 2 is 2.00 bits per heavy atom. The monoisotopic (exact) mass is 333 g/mol. The first-order valence-corrected chi connectivity index (χ1v) is 8.98. The largest absolute Gasteiger partial charge is 0.463 e. The number of thioether (sulfide) groups is 1. The predicted octanol–water partition coefficient (Wildman–Crippen LogP) is 3.30. The van der Waals surface area contributed by atoms with Crippen LogP contribution in [0.5, 0.6) is 0 Å². The normalized spacial score (nSPS) is 33.0. The van der Waals surface area contributed by atoms with Crippen LogP contribution in [0.2, 0.25) is 0 Å². The molecule has 5 heteroatoms. The van der Waals surface area contributed by atoms with Crippen LogP contribution in [0.1, 0.15) is 26.3 Å². The molecule has 0 spiro atoms. The van der Waals surface area contributed by atoms with Gasteiger partial charge in [-0.1, -0.05) is 55.9 Å². The van der Waals surface area contributed by atoms with Gasteiger partial charge in [-0.15, -0.1) is 0 Å². The molecule has 1 aromatic carbocycles. The smallest absolute Gasteiger partial charge is 0.302 e. The Hall–Kier alpha value is -1.33. The molecular weight excluding hydrogens is 310 g/mol. The molecule has 23 heavy (non-hydrogen) atoms. The molecule has 2 aliphatic rings. The third kappa shape index (κ3) is 3.78. The second-order valence-corrected chi connectivity index (χ2v) is 7.53. The predicted molar refractivity (Wildman–Crippen MR) is 92.6 cm³/mol. The zero-order valence-corrected chi connectivity index (χ0v) is 14.6. The quantitative estimate of drug-likeness (QED) is 0.793. The van der Waals surface area contributed by atoms with Crippen LogP contribution in [0.4, 0.5) is 0 Å². The van der Waals surface area contributed by atoms with E-state index in [1.165, 1.54) is 12.5 Å². The van der Waals surface area contributed by atoms with Crippen LogP contribution >= 0.6 is 11.8 Å². The summed E-state index contributed by atoms with van der Waals surface area (Å²) in [6.45, 7) is 6.15. The van der Waals surface area contributed by atoms with Crippen LogP contribution in [-0.2, 0) is 20.7 Å². The van der Waals surface area contributed by atoms with Gasteiger partial charge in [0.15, 0.2) is 0 Å². The van der Waals surface area contributed by atoms with E-state index < -0.39 is 0 Å². The first-order valence-electron chi connectivity index (χ1n) is 8.10. The van der Waals surface area contributed by atoms with Crippen molar-refractivity contribution in [1.29, 1.82) is 0 Å². The number of hydrogen-bond acceptors (Lipinski definition) is 5. The van der Waals surface area contributed by atoms with Gasteiger partial charge in [0.2, 0.25) is 0 Å². The topological polar surface area (TPSA) is 47.9 Å². The zero-order chi connectivity index (χ0) is 16.4. The van der Waals surface area contributed by atoms with Crippen molar-refractivity contribution in [2.45, 2.75) is 44.8 Å². The molecule has 1 aromatic rings. The van der Waals surface area contributed by atoms with Gasteiger partial charge < -0.3 is 9.47 Å². The number of fused-ring (bicyclic) bond motifs is 1. The molecule has 2 aliphatic heterocycles. The molecular formula is C18H23NO3S. The molecule has 0 bridgehead atoms. The number of rotatable bonds is 4. The summed E-state index contributed by atoms with van der Waals surface area (Å²) < 4.78 is 11.3. The van der Waals surface area contributed by atoms with Crippen molar-refractivity contribution in [2.24, 2.45) is 16.8 Å². The average molecular weight is 333 g/mol. The summed E-state index contributed by atoms with van der Waals surface area (Å²) in [5.74, 6) is 0.474. The maximum absolute atomic E-state index is 11.1. The lowest BCUT2D eigenvalue weighted by Crippen LogP contribution is -2.47. The van der Waals surface area contributed by atoms with Gasteiger partial charge in [-0.05, 0) is 17.4 Å². The fraction of sp³-hybridized carbons (Fsp3) is 0.556. The Labute approximate surface area is 141 Å². The SMILES string of the molecule is CC(=O)OC[C@H]1O[C@@H]2SC(Cc3ccccc3)=N[C@@H]2[C@@H](C)[C@@H]1C. The fourth-order valence-corrected chi connectivity index (χ4v) is 4.48. The Morgan fingerprint density at radius 1 is 1.26 bits per heavy atom. The van der Waals surface area contributed by atoms with E-state index in [0.29, 0.717) is 18.4 Å². The maximum atomic E-state index is 11.1. The number of carbonyl (C=O) groups is 1. The number of ether oxygens (including phenoxy) is 2. The minimum atomic E-state index is -0.254. The van der Waals surface area contributed by atoms with Crippen molar-refractivity contribution in [2.75, 3.05) is 6.61 Å². The van der Waals surface area contributed by atoms with Crippen LogP contribution in [0, 0.1) is 11.8 Å². The van der Waals surface area contributed by atoms with Crippen molar-refractivity contribution in [3.8, 4) is 0 Å². The summed E-state index contributed by atoms with van der Waals surface area (Å²) in [4.78, 5) is 16.0. The second-order valence-electron chi connectivity index (χ2n) is 6.36. The average Bonchev–Trinajstić information content (AvgIpc) is 2.93. The molecule has 0 unspecified atom stereocenters. The molecule has 0 aliphatic carbocycles. The molecule has 0 aromatic heterocycles. The minimum Gasteiger partial charge on any atom is -0.463 e. The number of esters is 1. The lowest BCUT2D eigenvalue weighted by atomic mass is 9.83. The molecule has 0 saturated carbocycles. The molecule has 124 valence electrons. The second kappa shape index (κ2) is 7.05.